The van der Waals surface area contributed by atoms with Crippen molar-refractivity contribution in [1.82, 2.24) is 0 Å². The second kappa shape index (κ2) is 7.84. The minimum atomic E-state index is -3.35. The van der Waals surface area contributed by atoms with Crippen LogP contribution in [0.2, 0.25) is 0 Å². The molecule has 1 fully saturated rings. The Morgan fingerprint density at radius 1 is 1.08 bits per heavy atom. The van der Waals surface area contributed by atoms with E-state index in [9.17, 15) is 13.2 Å². The van der Waals surface area contributed by atoms with Crippen molar-refractivity contribution in [1.29, 1.82) is 0 Å². The molecule has 138 valence electrons. The van der Waals surface area contributed by atoms with Gasteiger partial charge >= 0.3 is 0 Å². The molecule has 1 saturated carbocycles. The molecule has 2 aromatic carbocycles. The predicted molar refractivity (Wildman–Crippen MR) is 107 cm³/mol. The summed E-state index contributed by atoms with van der Waals surface area (Å²) < 4.78 is 23.4. The largest absolute Gasteiger partial charge is 0.322 e. The highest BCUT2D eigenvalue weighted by molar-refractivity contribution is 8.00. The minimum Gasteiger partial charge on any atom is -0.322 e. The van der Waals surface area contributed by atoms with Crippen molar-refractivity contribution in [2.24, 2.45) is 0 Å². The molecule has 1 amide bonds. The number of benzene rings is 2. The summed E-state index contributed by atoms with van der Waals surface area (Å²) in [4.78, 5) is 13.9. The Bertz CT molecular complexity index is 899. The van der Waals surface area contributed by atoms with Crippen LogP contribution in [0.25, 0.3) is 0 Å². The molecule has 1 aliphatic rings. The number of amides is 1. The Hall–Kier alpha value is -1.79. The number of nitrogens with one attached hydrogen (secondary N) is 1. The van der Waals surface area contributed by atoms with E-state index in [-0.39, 0.29) is 10.8 Å². The molecular weight excluding hydrogens is 366 g/mol. The molecule has 1 aliphatic carbocycles. The minimum absolute atomic E-state index is 0.150. The van der Waals surface area contributed by atoms with E-state index < -0.39 is 9.84 Å². The third-order valence-electron chi connectivity index (χ3n) is 4.60. The molecule has 2 aromatic rings. The molecular formula is C20H23NO3S2. The fraction of sp³-hybridized carbons (Fsp3) is 0.350. The van der Waals surface area contributed by atoms with E-state index in [1.165, 1.54) is 42.7 Å². The van der Waals surface area contributed by atoms with E-state index >= 15 is 0 Å². The Morgan fingerprint density at radius 3 is 2.35 bits per heavy atom. The molecule has 26 heavy (non-hydrogen) atoms. The number of hydrogen-bond donors (Lipinski definition) is 1. The van der Waals surface area contributed by atoms with Gasteiger partial charge in [0.1, 0.15) is 0 Å². The summed E-state index contributed by atoms with van der Waals surface area (Å²) in [5.74, 6) is -0.302. The first kappa shape index (κ1) is 19.0. The molecule has 1 N–H and O–H groups in total. The molecule has 0 aromatic heterocycles. The van der Waals surface area contributed by atoms with Crippen molar-refractivity contribution in [3.63, 3.8) is 0 Å². The normalized spacial score (nSPS) is 15.2. The lowest BCUT2D eigenvalue weighted by Gasteiger charge is -2.11. The molecule has 0 unspecified atom stereocenters. The SMILES string of the molecule is Cc1ccc(S(C)(=O)=O)cc1C(=O)Nc1ccc(SC2CCCC2)cc1. The van der Waals surface area contributed by atoms with E-state index in [2.05, 4.69) is 5.32 Å². The molecule has 0 radical (unpaired) electrons. The number of anilines is 1. The first-order valence-electron chi connectivity index (χ1n) is 8.72. The van der Waals surface area contributed by atoms with Crippen LogP contribution in [-0.2, 0) is 9.84 Å². The summed E-state index contributed by atoms with van der Waals surface area (Å²) in [6, 6.07) is 12.5. The summed E-state index contributed by atoms with van der Waals surface area (Å²) in [5, 5.41) is 3.56. The van der Waals surface area contributed by atoms with Gasteiger partial charge in [-0.3, -0.25) is 4.79 Å². The van der Waals surface area contributed by atoms with Gasteiger partial charge < -0.3 is 5.32 Å². The van der Waals surface area contributed by atoms with E-state index in [0.717, 1.165) is 11.8 Å². The lowest BCUT2D eigenvalue weighted by Crippen LogP contribution is -2.14. The quantitative estimate of drug-likeness (QED) is 0.806. The number of hydrogen-bond acceptors (Lipinski definition) is 4. The van der Waals surface area contributed by atoms with Gasteiger partial charge in [0.2, 0.25) is 0 Å². The molecule has 0 aliphatic heterocycles. The van der Waals surface area contributed by atoms with Gasteiger partial charge in [0.15, 0.2) is 9.84 Å². The molecule has 0 saturated heterocycles. The standard InChI is InChI=1S/C20H23NO3S2/c1-14-7-12-18(26(2,23)24)13-19(14)20(22)21-15-8-10-17(11-9-15)25-16-5-3-4-6-16/h7-13,16H,3-6H2,1-2H3,(H,21,22). The predicted octanol–water partition coefficient (Wildman–Crippen LogP) is 4.69. The van der Waals surface area contributed by atoms with Crippen molar-refractivity contribution >= 4 is 33.2 Å². The molecule has 4 nitrogen and oxygen atoms in total. The van der Waals surface area contributed by atoms with E-state index in [0.29, 0.717) is 16.5 Å². The lowest BCUT2D eigenvalue weighted by atomic mass is 10.1. The Kier molecular flexibility index (Phi) is 5.73. The van der Waals surface area contributed by atoms with Crippen LogP contribution >= 0.6 is 11.8 Å². The zero-order valence-corrected chi connectivity index (χ0v) is 16.6. The third-order valence-corrected chi connectivity index (χ3v) is 7.06. The first-order chi connectivity index (χ1) is 12.3. The summed E-state index contributed by atoms with van der Waals surface area (Å²) in [6.45, 7) is 1.79. The van der Waals surface area contributed by atoms with Gasteiger partial charge in [-0.2, -0.15) is 0 Å². The topological polar surface area (TPSA) is 63.2 Å². The van der Waals surface area contributed by atoms with Crippen molar-refractivity contribution in [3.05, 3.63) is 53.6 Å². The van der Waals surface area contributed by atoms with Gasteiger partial charge in [-0.05, 0) is 61.7 Å². The number of sulfone groups is 1. The van der Waals surface area contributed by atoms with Crippen LogP contribution in [-0.4, -0.2) is 25.8 Å². The summed E-state index contributed by atoms with van der Waals surface area (Å²) in [6.07, 6.45) is 6.33. The van der Waals surface area contributed by atoms with Crippen LogP contribution in [0.5, 0.6) is 0 Å². The second-order valence-electron chi connectivity index (χ2n) is 6.75. The van der Waals surface area contributed by atoms with Crippen LogP contribution < -0.4 is 5.32 Å². The summed E-state index contributed by atoms with van der Waals surface area (Å²) >= 11 is 1.90. The van der Waals surface area contributed by atoms with Crippen LogP contribution in [0.1, 0.15) is 41.6 Å². The van der Waals surface area contributed by atoms with E-state index in [1.807, 2.05) is 36.0 Å². The first-order valence-corrected chi connectivity index (χ1v) is 11.5. The van der Waals surface area contributed by atoms with Gasteiger partial charge in [0.05, 0.1) is 4.90 Å². The average molecular weight is 390 g/mol. The lowest BCUT2D eigenvalue weighted by molar-refractivity contribution is 0.102. The van der Waals surface area contributed by atoms with Crippen LogP contribution in [0, 0.1) is 6.92 Å². The van der Waals surface area contributed by atoms with Gasteiger partial charge in [-0.25, -0.2) is 8.42 Å². The van der Waals surface area contributed by atoms with Gasteiger partial charge in [0.25, 0.3) is 5.91 Å². The highest BCUT2D eigenvalue weighted by atomic mass is 32.2. The molecule has 0 heterocycles. The molecule has 0 bridgehead atoms. The van der Waals surface area contributed by atoms with Crippen LogP contribution in [0.3, 0.4) is 0 Å². The summed E-state index contributed by atoms with van der Waals surface area (Å²) in [5.41, 5.74) is 1.82. The fourth-order valence-electron chi connectivity index (χ4n) is 3.09. The highest BCUT2D eigenvalue weighted by Gasteiger charge is 2.17. The number of aryl methyl sites for hydroxylation is 1. The molecule has 6 heteroatoms. The van der Waals surface area contributed by atoms with Gasteiger partial charge in [-0.15, -0.1) is 11.8 Å². The number of thioether (sulfide) groups is 1. The maximum atomic E-state index is 12.6. The smallest absolute Gasteiger partial charge is 0.255 e. The molecule has 0 atom stereocenters. The molecule has 0 spiro atoms. The average Bonchev–Trinajstić information content (AvgIpc) is 3.09. The van der Waals surface area contributed by atoms with Crippen molar-refractivity contribution in [2.45, 2.75) is 47.6 Å². The zero-order valence-electron chi connectivity index (χ0n) is 15.0. The van der Waals surface area contributed by atoms with Gasteiger partial charge in [-0.1, -0.05) is 18.9 Å². The fourth-order valence-corrected chi connectivity index (χ4v) is 4.98. The van der Waals surface area contributed by atoms with E-state index in [1.54, 1.807) is 13.0 Å². The zero-order chi connectivity index (χ0) is 18.7. The Labute approximate surface area is 159 Å². The van der Waals surface area contributed by atoms with Crippen molar-refractivity contribution < 1.29 is 13.2 Å². The van der Waals surface area contributed by atoms with Gasteiger partial charge in [0, 0.05) is 27.7 Å². The van der Waals surface area contributed by atoms with Crippen LogP contribution in [0.15, 0.2) is 52.3 Å². The van der Waals surface area contributed by atoms with Crippen molar-refractivity contribution in [3.8, 4) is 0 Å². The monoisotopic (exact) mass is 389 g/mol. The van der Waals surface area contributed by atoms with Crippen LogP contribution in [0.4, 0.5) is 5.69 Å². The second-order valence-corrected chi connectivity index (χ2v) is 10.1. The number of carbonyl (C=O) groups is 1. The number of carbonyl (C=O) groups excluding carboxylic acids is 1. The van der Waals surface area contributed by atoms with Crippen molar-refractivity contribution in [2.75, 3.05) is 11.6 Å². The Morgan fingerprint density at radius 2 is 1.73 bits per heavy atom. The summed E-state index contributed by atoms with van der Waals surface area (Å²) in [7, 11) is -3.35. The number of rotatable bonds is 5. The van der Waals surface area contributed by atoms with E-state index in [4.69, 9.17) is 0 Å². The maximum Gasteiger partial charge on any atom is 0.255 e. The Balaban J connectivity index is 1.71. The highest BCUT2D eigenvalue weighted by Crippen LogP contribution is 2.35. The molecule has 3 rings (SSSR count). The maximum absolute atomic E-state index is 12.6. The third kappa shape index (κ3) is 4.68.